The predicted molar refractivity (Wildman–Crippen MR) is 77.7 cm³/mol. The van der Waals surface area contributed by atoms with Crippen molar-refractivity contribution in [3.63, 3.8) is 0 Å². The SMILES string of the molecule is COc1ccc(CNc2cccc(F)c2N)c(OC)c1. The zero-order valence-electron chi connectivity index (χ0n) is 11.4. The van der Waals surface area contributed by atoms with Gasteiger partial charge in [-0.15, -0.1) is 0 Å². The summed E-state index contributed by atoms with van der Waals surface area (Å²) >= 11 is 0. The smallest absolute Gasteiger partial charge is 0.148 e. The molecule has 0 aliphatic carbocycles. The van der Waals surface area contributed by atoms with E-state index >= 15 is 0 Å². The minimum atomic E-state index is -0.434. The maximum absolute atomic E-state index is 13.3. The van der Waals surface area contributed by atoms with Gasteiger partial charge in [0.15, 0.2) is 0 Å². The third-order valence-electron chi connectivity index (χ3n) is 3.02. The molecule has 0 saturated heterocycles. The summed E-state index contributed by atoms with van der Waals surface area (Å²) in [5.41, 5.74) is 7.27. The largest absolute Gasteiger partial charge is 0.497 e. The average molecular weight is 276 g/mol. The Bertz CT molecular complexity index is 602. The highest BCUT2D eigenvalue weighted by Gasteiger charge is 2.07. The van der Waals surface area contributed by atoms with Crippen molar-refractivity contribution < 1.29 is 13.9 Å². The van der Waals surface area contributed by atoms with Gasteiger partial charge in [-0.2, -0.15) is 0 Å². The normalized spacial score (nSPS) is 10.2. The van der Waals surface area contributed by atoms with Crippen molar-refractivity contribution in [1.29, 1.82) is 0 Å². The molecule has 0 saturated carbocycles. The first-order chi connectivity index (χ1) is 9.65. The van der Waals surface area contributed by atoms with Crippen LogP contribution in [0.4, 0.5) is 15.8 Å². The number of nitrogen functional groups attached to an aromatic ring is 1. The molecule has 3 N–H and O–H groups in total. The minimum absolute atomic E-state index is 0.111. The maximum Gasteiger partial charge on any atom is 0.148 e. The predicted octanol–water partition coefficient (Wildman–Crippen LogP) is 3.04. The first-order valence-corrected chi connectivity index (χ1v) is 6.14. The van der Waals surface area contributed by atoms with Gasteiger partial charge in [0.2, 0.25) is 0 Å². The highest BCUT2D eigenvalue weighted by Crippen LogP contribution is 2.27. The Hall–Kier alpha value is -2.43. The summed E-state index contributed by atoms with van der Waals surface area (Å²) in [5, 5.41) is 3.10. The van der Waals surface area contributed by atoms with E-state index in [1.807, 2.05) is 12.1 Å². The first kappa shape index (κ1) is 14.0. The number of benzene rings is 2. The molecular formula is C15H17FN2O2. The minimum Gasteiger partial charge on any atom is -0.497 e. The molecule has 0 radical (unpaired) electrons. The molecule has 0 fully saturated rings. The molecule has 0 amide bonds. The fourth-order valence-electron chi connectivity index (χ4n) is 1.88. The van der Waals surface area contributed by atoms with E-state index in [1.54, 1.807) is 32.4 Å². The average Bonchev–Trinajstić information content (AvgIpc) is 2.48. The molecule has 0 unspecified atom stereocenters. The molecule has 0 bridgehead atoms. The number of ether oxygens (including phenoxy) is 2. The van der Waals surface area contributed by atoms with Gasteiger partial charge in [-0.1, -0.05) is 6.07 Å². The Balaban J connectivity index is 2.16. The number of rotatable bonds is 5. The van der Waals surface area contributed by atoms with E-state index in [0.29, 0.717) is 18.0 Å². The summed E-state index contributed by atoms with van der Waals surface area (Å²) in [7, 11) is 3.19. The highest BCUT2D eigenvalue weighted by molar-refractivity contribution is 5.66. The second kappa shape index (κ2) is 6.14. The molecule has 20 heavy (non-hydrogen) atoms. The number of nitrogens with one attached hydrogen (secondary N) is 1. The number of anilines is 2. The number of halogens is 1. The van der Waals surface area contributed by atoms with Crippen molar-refractivity contribution in [2.45, 2.75) is 6.54 Å². The summed E-state index contributed by atoms with van der Waals surface area (Å²) in [4.78, 5) is 0. The molecule has 0 aliphatic heterocycles. The molecule has 0 heterocycles. The molecule has 0 aliphatic rings. The molecule has 0 aromatic heterocycles. The highest BCUT2D eigenvalue weighted by atomic mass is 19.1. The monoisotopic (exact) mass is 276 g/mol. The molecule has 4 nitrogen and oxygen atoms in total. The van der Waals surface area contributed by atoms with Gasteiger partial charge in [-0.25, -0.2) is 4.39 Å². The van der Waals surface area contributed by atoms with Gasteiger partial charge in [-0.3, -0.25) is 0 Å². The maximum atomic E-state index is 13.3. The van der Waals surface area contributed by atoms with Crippen LogP contribution in [0.3, 0.4) is 0 Å². The second-order valence-electron chi connectivity index (χ2n) is 4.23. The van der Waals surface area contributed by atoms with E-state index in [0.717, 1.165) is 11.3 Å². The van der Waals surface area contributed by atoms with Crippen molar-refractivity contribution >= 4 is 11.4 Å². The van der Waals surface area contributed by atoms with Gasteiger partial charge in [0.1, 0.15) is 17.3 Å². The number of para-hydroxylation sites is 1. The lowest BCUT2D eigenvalue weighted by Gasteiger charge is -2.13. The van der Waals surface area contributed by atoms with Gasteiger partial charge in [0.25, 0.3) is 0 Å². The topological polar surface area (TPSA) is 56.5 Å². The quantitative estimate of drug-likeness (QED) is 0.824. The van der Waals surface area contributed by atoms with E-state index in [1.165, 1.54) is 6.07 Å². The third-order valence-corrected chi connectivity index (χ3v) is 3.02. The molecular weight excluding hydrogens is 259 g/mol. The van der Waals surface area contributed by atoms with Crippen LogP contribution in [0.5, 0.6) is 11.5 Å². The zero-order valence-corrected chi connectivity index (χ0v) is 11.4. The van der Waals surface area contributed by atoms with Crippen molar-refractivity contribution in [2.24, 2.45) is 0 Å². The molecule has 5 heteroatoms. The Labute approximate surface area is 117 Å². The summed E-state index contributed by atoms with van der Waals surface area (Å²) < 4.78 is 23.8. The summed E-state index contributed by atoms with van der Waals surface area (Å²) in [6, 6.07) is 10.2. The fraction of sp³-hybridized carbons (Fsp3) is 0.200. The number of nitrogens with two attached hydrogens (primary N) is 1. The van der Waals surface area contributed by atoms with Crippen LogP contribution in [0.2, 0.25) is 0 Å². The standard InChI is InChI=1S/C15H17FN2O2/c1-19-11-7-6-10(14(8-11)20-2)9-18-13-5-3-4-12(16)15(13)17/h3-8,18H,9,17H2,1-2H3. The lowest BCUT2D eigenvalue weighted by Crippen LogP contribution is -2.05. The molecule has 0 atom stereocenters. The van der Waals surface area contributed by atoms with E-state index < -0.39 is 5.82 Å². The molecule has 2 aromatic carbocycles. The Morgan fingerprint density at radius 1 is 1.15 bits per heavy atom. The van der Waals surface area contributed by atoms with Crippen LogP contribution in [0.1, 0.15) is 5.56 Å². The Morgan fingerprint density at radius 2 is 1.95 bits per heavy atom. The number of hydrogen-bond acceptors (Lipinski definition) is 4. The lowest BCUT2D eigenvalue weighted by molar-refractivity contribution is 0.391. The molecule has 0 spiro atoms. The van der Waals surface area contributed by atoms with Crippen LogP contribution in [0.15, 0.2) is 36.4 Å². The summed E-state index contributed by atoms with van der Waals surface area (Å²) in [6.07, 6.45) is 0. The van der Waals surface area contributed by atoms with Crippen molar-refractivity contribution in [1.82, 2.24) is 0 Å². The van der Waals surface area contributed by atoms with Crippen LogP contribution in [0, 0.1) is 5.82 Å². The van der Waals surface area contributed by atoms with Crippen LogP contribution in [0.25, 0.3) is 0 Å². The number of methoxy groups -OCH3 is 2. The molecule has 106 valence electrons. The van der Waals surface area contributed by atoms with Crippen molar-refractivity contribution in [3.05, 3.63) is 47.8 Å². The van der Waals surface area contributed by atoms with Gasteiger partial charge in [0.05, 0.1) is 25.6 Å². The first-order valence-electron chi connectivity index (χ1n) is 6.14. The van der Waals surface area contributed by atoms with Gasteiger partial charge < -0.3 is 20.5 Å². The van der Waals surface area contributed by atoms with Gasteiger partial charge in [0, 0.05) is 18.2 Å². The lowest BCUT2D eigenvalue weighted by atomic mass is 10.1. The Kier molecular flexibility index (Phi) is 4.30. The van der Waals surface area contributed by atoms with Crippen molar-refractivity contribution in [2.75, 3.05) is 25.3 Å². The number of hydrogen-bond donors (Lipinski definition) is 2. The third kappa shape index (κ3) is 2.93. The van der Waals surface area contributed by atoms with E-state index in [2.05, 4.69) is 5.32 Å². The summed E-state index contributed by atoms with van der Waals surface area (Å²) in [6.45, 7) is 0.473. The second-order valence-corrected chi connectivity index (χ2v) is 4.23. The van der Waals surface area contributed by atoms with Crippen molar-refractivity contribution in [3.8, 4) is 11.5 Å². The molecule has 2 rings (SSSR count). The van der Waals surface area contributed by atoms with E-state index in [9.17, 15) is 4.39 Å². The van der Waals surface area contributed by atoms with Crippen LogP contribution in [-0.4, -0.2) is 14.2 Å². The summed E-state index contributed by atoms with van der Waals surface area (Å²) in [5.74, 6) is 0.986. The van der Waals surface area contributed by atoms with E-state index in [4.69, 9.17) is 15.2 Å². The zero-order chi connectivity index (χ0) is 14.5. The Morgan fingerprint density at radius 3 is 2.65 bits per heavy atom. The van der Waals surface area contributed by atoms with Gasteiger partial charge in [-0.05, 0) is 24.3 Å². The van der Waals surface area contributed by atoms with E-state index in [-0.39, 0.29) is 5.69 Å². The van der Waals surface area contributed by atoms with Gasteiger partial charge >= 0.3 is 0 Å². The van der Waals surface area contributed by atoms with Crippen LogP contribution in [-0.2, 0) is 6.54 Å². The molecule has 2 aromatic rings. The fourth-order valence-corrected chi connectivity index (χ4v) is 1.88. The van der Waals surface area contributed by atoms with Crippen LogP contribution >= 0.6 is 0 Å². The van der Waals surface area contributed by atoms with Crippen LogP contribution < -0.4 is 20.5 Å².